The van der Waals surface area contributed by atoms with E-state index >= 15 is 0 Å². The molecule has 5 nitrogen and oxygen atoms in total. The number of carbonyl (C=O) groups excluding carboxylic acids is 2. The Balaban J connectivity index is 1.86. The molecule has 30 heavy (non-hydrogen) atoms. The number of rotatable bonds is 3. The molecule has 5 heteroatoms. The molecule has 1 saturated heterocycles. The topological polar surface area (TPSA) is 53.8 Å². The van der Waals surface area contributed by atoms with Crippen LogP contribution in [0.4, 0.5) is 11.4 Å². The number of carbonyl (C=O) groups is 2. The maximum atomic E-state index is 13.8. The lowest BCUT2D eigenvalue weighted by Gasteiger charge is -2.40. The van der Waals surface area contributed by atoms with Crippen LogP contribution in [0.2, 0.25) is 0 Å². The van der Waals surface area contributed by atoms with Crippen molar-refractivity contribution in [3.05, 3.63) is 82.3 Å². The van der Waals surface area contributed by atoms with Crippen LogP contribution in [0.3, 0.4) is 0 Å². The fourth-order valence-corrected chi connectivity index (χ4v) is 4.12. The molecule has 2 amide bonds. The molecule has 0 radical (unpaired) electrons. The standard InChI is InChI=1S/C25H26N2O3/c1-15-9-11-20(17(3)13-15)27-23(28)14-26(21-8-6-7-16(2)19(21)5)25(29)24(27)22-12-10-18(4)30-22/h6-13,24H,14H2,1-5H3/t24-/m1/s1. The zero-order chi connectivity index (χ0) is 21.6. The number of hydrogen-bond donors (Lipinski definition) is 0. The van der Waals surface area contributed by atoms with Crippen molar-refractivity contribution >= 4 is 23.2 Å². The van der Waals surface area contributed by atoms with Crippen molar-refractivity contribution in [2.45, 2.75) is 40.7 Å². The van der Waals surface area contributed by atoms with Gasteiger partial charge >= 0.3 is 0 Å². The van der Waals surface area contributed by atoms with Gasteiger partial charge in [-0.05, 0) is 75.6 Å². The van der Waals surface area contributed by atoms with Crippen LogP contribution in [0.1, 0.15) is 39.8 Å². The normalized spacial score (nSPS) is 17.0. The maximum Gasteiger partial charge on any atom is 0.258 e. The summed E-state index contributed by atoms with van der Waals surface area (Å²) in [6.45, 7) is 9.78. The van der Waals surface area contributed by atoms with E-state index in [1.54, 1.807) is 15.9 Å². The lowest BCUT2D eigenvalue weighted by molar-refractivity contribution is -0.129. The summed E-state index contributed by atoms with van der Waals surface area (Å²) in [6.07, 6.45) is 0. The second kappa shape index (κ2) is 7.48. The van der Waals surface area contributed by atoms with E-state index in [2.05, 4.69) is 0 Å². The molecule has 0 N–H and O–H groups in total. The Labute approximate surface area is 176 Å². The van der Waals surface area contributed by atoms with Gasteiger partial charge in [0.25, 0.3) is 5.91 Å². The van der Waals surface area contributed by atoms with E-state index < -0.39 is 6.04 Å². The summed E-state index contributed by atoms with van der Waals surface area (Å²) in [7, 11) is 0. The molecule has 1 atom stereocenters. The first-order valence-corrected chi connectivity index (χ1v) is 10.1. The van der Waals surface area contributed by atoms with E-state index in [9.17, 15) is 9.59 Å². The second-order valence-electron chi connectivity index (χ2n) is 8.05. The number of furan rings is 1. The van der Waals surface area contributed by atoms with E-state index in [0.29, 0.717) is 11.5 Å². The molecule has 154 valence electrons. The molecule has 2 heterocycles. The van der Waals surface area contributed by atoms with Gasteiger partial charge in [0.1, 0.15) is 18.1 Å². The van der Waals surface area contributed by atoms with Gasteiger partial charge in [-0.1, -0.05) is 29.8 Å². The Kier molecular flexibility index (Phi) is 4.98. The molecule has 0 spiro atoms. The summed E-state index contributed by atoms with van der Waals surface area (Å²) in [4.78, 5) is 30.4. The number of amides is 2. The lowest BCUT2D eigenvalue weighted by atomic mass is 10.0. The van der Waals surface area contributed by atoms with E-state index in [-0.39, 0.29) is 18.4 Å². The highest BCUT2D eigenvalue weighted by Crippen LogP contribution is 2.37. The van der Waals surface area contributed by atoms with Crippen LogP contribution in [0.15, 0.2) is 52.9 Å². The number of nitrogens with zero attached hydrogens (tertiary/aromatic N) is 2. The molecule has 1 aromatic heterocycles. The monoisotopic (exact) mass is 402 g/mol. The summed E-state index contributed by atoms with van der Waals surface area (Å²) in [5.74, 6) is 0.870. The average Bonchev–Trinajstić information content (AvgIpc) is 3.12. The van der Waals surface area contributed by atoms with Crippen LogP contribution in [0.25, 0.3) is 0 Å². The lowest BCUT2D eigenvalue weighted by Crippen LogP contribution is -2.56. The minimum atomic E-state index is -0.846. The fourth-order valence-electron chi connectivity index (χ4n) is 4.12. The third kappa shape index (κ3) is 3.30. The van der Waals surface area contributed by atoms with Crippen molar-refractivity contribution < 1.29 is 14.0 Å². The van der Waals surface area contributed by atoms with Gasteiger partial charge in [-0.15, -0.1) is 0 Å². The minimum Gasteiger partial charge on any atom is -0.464 e. The molecule has 0 saturated carbocycles. The third-order valence-electron chi connectivity index (χ3n) is 5.83. The number of anilines is 2. The van der Waals surface area contributed by atoms with E-state index in [1.165, 1.54) is 0 Å². The first-order valence-electron chi connectivity index (χ1n) is 10.1. The Morgan fingerprint density at radius 2 is 1.63 bits per heavy atom. The van der Waals surface area contributed by atoms with Crippen LogP contribution in [-0.4, -0.2) is 18.4 Å². The van der Waals surface area contributed by atoms with Crippen LogP contribution >= 0.6 is 0 Å². The van der Waals surface area contributed by atoms with E-state index in [4.69, 9.17) is 4.42 Å². The minimum absolute atomic E-state index is 0.00731. The van der Waals surface area contributed by atoms with E-state index in [1.807, 2.05) is 77.1 Å². The predicted molar refractivity (Wildman–Crippen MR) is 118 cm³/mol. The van der Waals surface area contributed by atoms with Gasteiger partial charge in [-0.3, -0.25) is 14.5 Å². The van der Waals surface area contributed by atoms with E-state index in [0.717, 1.165) is 33.6 Å². The molecular formula is C25H26N2O3. The van der Waals surface area contributed by atoms with Crippen molar-refractivity contribution in [1.82, 2.24) is 0 Å². The van der Waals surface area contributed by atoms with Crippen LogP contribution < -0.4 is 9.80 Å². The molecular weight excluding hydrogens is 376 g/mol. The van der Waals surface area contributed by atoms with Crippen LogP contribution in [0, 0.1) is 34.6 Å². The first kappa shape index (κ1) is 20.0. The molecule has 1 fully saturated rings. The second-order valence-corrected chi connectivity index (χ2v) is 8.05. The number of aryl methyl sites for hydroxylation is 4. The largest absolute Gasteiger partial charge is 0.464 e. The van der Waals surface area contributed by atoms with Crippen molar-refractivity contribution in [1.29, 1.82) is 0 Å². The number of piperazine rings is 1. The first-order chi connectivity index (χ1) is 14.3. The molecule has 1 aliphatic rings. The Morgan fingerprint density at radius 3 is 2.30 bits per heavy atom. The van der Waals surface area contributed by atoms with Gasteiger partial charge in [-0.2, -0.15) is 0 Å². The summed E-state index contributed by atoms with van der Waals surface area (Å²) in [5, 5.41) is 0. The highest BCUT2D eigenvalue weighted by Gasteiger charge is 2.44. The van der Waals surface area contributed by atoms with Gasteiger partial charge < -0.3 is 9.32 Å². The van der Waals surface area contributed by atoms with Gasteiger partial charge in [0.2, 0.25) is 5.91 Å². The molecule has 0 bridgehead atoms. The molecule has 3 aromatic rings. The zero-order valence-electron chi connectivity index (χ0n) is 18.0. The van der Waals surface area contributed by atoms with Crippen molar-refractivity contribution in [3.8, 4) is 0 Å². The highest BCUT2D eigenvalue weighted by atomic mass is 16.3. The molecule has 4 rings (SSSR count). The highest BCUT2D eigenvalue weighted by molar-refractivity contribution is 6.14. The molecule has 0 aliphatic carbocycles. The number of hydrogen-bond acceptors (Lipinski definition) is 3. The third-order valence-corrected chi connectivity index (χ3v) is 5.83. The fraction of sp³-hybridized carbons (Fsp3) is 0.280. The molecule has 1 aliphatic heterocycles. The Hall–Kier alpha value is -3.34. The maximum absolute atomic E-state index is 13.8. The van der Waals surface area contributed by atoms with Gasteiger partial charge in [-0.25, -0.2) is 0 Å². The van der Waals surface area contributed by atoms with Crippen molar-refractivity contribution in [3.63, 3.8) is 0 Å². The predicted octanol–water partition coefficient (Wildman–Crippen LogP) is 4.94. The van der Waals surface area contributed by atoms with Crippen molar-refractivity contribution in [2.24, 2.45) is 0 Å². The average molecular weight is 402 g/mol. The SMILES string of the molecule is Cc1ccc(N2C(=O)CN(c3cccc(C)c3C)C(=O)[C@H]2c2ccc(C)o2)c(C)c1. The van der Waals surface area contributed by atoms with Gasteiger partial charge in [0.15, 0.2) is 6.04 Å². The van der Waals surface area contributed by atoms with Crippen LogP contribution in [0.5, 0.6) is 0 Å². The zero-order valence-corrected chi connectivity index (χ0v) is 18.0. The summed E-state index contributed by atoms with van der Waals surface area (Å²) in [6, 6.07) is 14.5. The van der Waals surface area contributed by atoms with Gasteiger partial charge in [0.05, 0.1) is 0 Å². The Bertz CT molecular complexity index is 1150. The molecule has 0 unspecified atom stereocenters. The smallest absolute Gasteiger partial charge is 0.258 e. The van der Waals surface area contributed by atoms with Crippen LogP contribution in [-0.2, 0) is 9.59 Å². The molecule has 2 aromatic carbocycles. The Morgan fingerprint density at radius 1 is 0.867 bits per heavy atom. The quantitative estimate of drug-likeness (QED) is 0.623. The number of benzene rings is 2. The summed E-state index contributed by atoms with van der Waals surface area (Å²) in [5.41, 5.74) is 5.63. The van der Waals surface area contributed by atoms with Crippen molar-refractivity contribution in [2.75, 3.05) is 16.3 Å². The summed E-state index contributed by atoms with van der Waals surface area (Å²) >= 11 is 0. The summed E-state index contributed by atoms with van der Waals surface area (Å²) < 4.78 is 5.85. The van der Waals surface area contributed by atoms with Gasteiger partial charge in [0, 0.05) is 11.4 Å².